The van der Waals surface area contributed by atoms with E-state index in [9.17, 15) is 4.79 Å². The molecule has 2 N–H and O–H groups in total. The lowest BCUT2D eigenvalue weighted by Gasteiger charge is -2.17. The Labute approximate surface area is 91.5 Å². The van der Waals surface area contributed by atoms with Crippen LogP contribution in [0.2, 0.25) is 0 Å². The number of rotatable bonds is 2. The zero-order valence-corrected chi connectivity index (χ0v) is 9.92. The van der Waals surface area contributed by atoms with Gasteiger partial charge in [0.2, 0.25) is 0 Å². The number of benzene rings is 1. The van der Waals surface area contributed by atoms with Crippen molar-refractivity contribution in [3.05, 3.63) is 29.3 Å². The van der Waals surface area contributed by atoms with Gasteiger partial charge in [-0.2, -0.15) is 0 Å². The lowest BCUT2D eigenvalue weighted by Crippen LogP contribution is -2.22. The Hall–Kier alpha value is -1.31. The molecule has 1 aromatic carbocycles. The van der Waals surface area contributed by atoms with Gasteiger partial charge in [0, 0.05) is 17.5 Å². The standard InChI is InChI=1S/C13H19NO/c1-9-5-6-10(11(14)7-9)8-12(15)13(2,3)4/h5-7H,8,14H2,1-4H3. The van der Waals surface area contributed by atoms with Crippen molar-refractivity contribution in [2.45, 2.75) is 34.1 Å². The van der Waals surface area contributed by atoms with Gasteiger partial charge in [-0.3, -0.25) is 4.79 Å². The number of hydrogen-bond acceptors (Lipinski definition) is 2. The van der Waals surface area contributed by atoms with Crippen molar-refractivity contribution in [2.75, 3.05) is 5.73 Å². The summed E-state index contributed by atoms with van der Waals surface area (Å²) in [5.41, 5.74) is 8.34. The highest BCUT2D eigenvalue weighted by Gasteiger charge is 2.21. The number of anilines is 1. The molecule has 0 heterocycles. The molecule has 0 unspecified atom stereocenters. The Morgan fingerprint density at radius 2 is 1.93 bits per heavy atom. The lowest BCUT2D eigenvalue weighted by atomic mass is 9.86. The zero-order chi connectivity index (χ0) is 11.6. The normalized spacial score (nSPS) is 11.5. The fourth-order valence-electron chi connectivity index (χ4n) is 1.31. The van der Waals surface area contributed by atoms with Crippen LogP contribution in [0.25, 0.3) is 0 Å². The van der Waals surface area contributed by atoms with E-state index in [0.717, 1.165) is 11.1 Å². The summed E-state index contributed by atoms with van der Waals surface area (Å²) in [6, 6.07) is 5.83. The third-order valence-corrected chi connectivity index (χ3v) is 2.49. The molecule has 0 bridgehead atoms. The van der Waals surface area contributed by atoms with Gasteiger partial charge in [-0.15, -0.1) is 0 Å². The summed E-state index contributed by atoms with van der Waals surface area (Å²) in [7, 11) is 0. The van der Waals surface area contributed by atoms with E-state index in [-0.39, 0.29) is 11.2 Å². The van der Waals surface area contributed by atoms with Crippen LogP contribution in [0.15, 0.2) is 18.2 Å². The van der Waals surface area contributed by atoms with Gasteiger partial charge in [0.05, 0.1) is 0 Å². The van der Waals surface area contributed by atoms with Gasteiger partial charge < -0.3 is 5.73 Å². The van der Waals surface area contributed by atoms with Crippen LogP contribution in [0.3, 0.4) is 0 Å². The Bertz CT molecular complexity index is 375. The van der Waals surface area contributed by atoms with Crippen molar-refractivity contribution in [3.8, 4) is 0 Å². The van der Waals surface area contributed by atoms with Crippen LogP contribution >= 0.6 is 0 Å². The average Bonchev–Trinajstić information content (AvgIpc) is 2.08. The number of ketones is 1. The monoisotopic (exact) mass is 205 g/mol. The minimum absolute atomic E-state index is 0.220. The first-order valence-electron chi connectivity index (χ1n) is 5.19. The maximum Gasteiger partial charge on any atom is 0.142 e. The highest BCUT2D eigenvalue weighted by atomic mass is 16.1. The summed E-state index contributed by atoms with van der Waals surface area (Å²) in [6.07, 6.45) is 0.426. The van der Waals surface area contributed by atoms with Crippen LogP contribution in [0.1, 0.15) is 31.9 Å². The first kappa shape index (κ1) is 11.8. The molecule has 0 saturated heterocycles. The number of Topliss-reactive ketones (excluding diaryl/α,β-unsaturated/α-hetero) is 1. The Morgan fingerprint density at radius 3 is 2.40 bits per heavy atom. The van der Waals surface area contributed by atoms with Gasteiger partial charge in [0.25, 0.3) is 0 Å². The summed E-state index contributed by atoms with van der Waals surface area (Å²) in [4.78, 5) is 11.8. The van der Waals surface area contributed by atoms with E-state index < -0.39 is 0 Å². The number of nitrogen functional groups attached to an aromatic ring is 1. The maximum atomic E-state index is 11.8. The van der Waals surface area contributed by atoms with Gasteiger partial charge in [-0.1, -0.05) is 32.9 Å². The van der Waals surface area contributed by atoms with Crippen LogP contribution in [-0.2, 0) is 11.2 Å². The van der Waals surface area contributed by atoms with Crippen molar-refractivity contribution in [1.82, 2.24) is 0 Å². The average molecular weight is 205 g/mol. The Kier molecular flexibility index (Phi) is 3.18. The molecule has 2 nitrogen and oxygen atoms in total. The Balaban J connectivity index is 2.87. The molecule has 0 radical (unpaired) electrons. The number of hydrogen-bond donors (Lipinski definition) is 1. The van der Waals surface area contributed by atoms with Crippen molar-refractivity contribution < 1.29 is 4.79 Å². The first-order valence-corrected chi connectivity index (χ1v) is 5.19. The van der Waals surface area contributed by atoms with E-state index in [1.54, 1.807) is 0 Å². The zero-order valence-electron chi connectivity index (χ0n) is 9.92. The molecule has 0 spiro atoms. The van der Waals surface area contributed by atoms with Crippen LogP contribution < -0.4 is 5.73 Å². The molecule has 0 atom stereocenters. The minimum atomic E-state index is -0.294. The second-order valence-electron chi connectivity index (χ2n) is 5.05. The molecular weight excluding hydrogens is 186 g/mol. The summed E-state index contributed by atoms with van der Waals surface area (Å²) < 4.78 is 0. The smallest absolute Gasteiger partial charge is 0.142 e. The van der Waals surface area contributed by atoms with Crippen molar-refractivity contribution >= 4 is 11.5 Å². The second-order valence-corrected chi connectivity index (χ2v) is 5.05. The molecule has 0 aromatic heterocycles. The van der Waals surface area contributed by atoms with Gasteiger partial charge in [0.1, 0.15) is 5.78 Å². The minimum Gasteiger partial charge on any atom is -0.398 e. The topological polar surface area (TPSA) is 43.1 Å². The Morgan fingerprint density at radius 1 is 1.33 bits per heavy atom. The van der Waals surface area contributed by atoms with E-state index in [0.29, 0.717) is 12.1 Å². The van der Waals surface area contributed by atoms with E-state index in [4.69, 9.17) is 5.73 Å². The second kappa shape index (κ2) is 4.05. The lowest BCUT2D eigenvalue weighted by molar-refractivity contribution is -0.125. The van der Waals surface area contributed by atoms with Gasteiger partial charge in [-0.05, 0) is 24.1 Å². The van der Waals surface area contributed by atoms with Crippen LogP contribution in [0, 0.1) is 12.3 Å². The number of nitrogens with two attached hydrogens (primary N) is 1. The molecule has 0 aliphatic rings. The molecule has 0 saturated carbocycles. The molecule has 1 aromatic rings. The molecule has 0 aliphatic heterocycles. The van der Waals surface area contributed by atoms with E-state index in [1.807, 2.05) is 45.9 Å². The predicted octanol–water partition coefficient (Wildman–Crippen LogP) is 2.73. The summed E-state index contributed by atoms with van der Waals surface area (Å²) in [5, 5.41) is 0. The first-order chi connectivity index (χ1) is 6.80. The highest BCUT2D eigenvalue weighted by Crippen LogP contribution is 2.21. The summed E-state index contributed by atoms with van der Waals surface area (Å²) in [6.45, 7) is 7.78. The van der Waals surface area contributed by atoms with Gasteiger partial charge in [-0.25, -0.2) is 0 Å². The molecule has 0 fully saturated rings. The third kappa shape index (κ3) is 3.08. The predicted molar refractivity (Wildman–Crippen MR) is 63.8 cm³/mol. The molecule has 2 heteroatoms. The molecule has 1 rings (SSSR count). The largest absolute Gasteiger partial charge is 0.398 e. The molecule has 0 amide bonds. The molecular formula is C13H19NO. The highest BCUT2D eigenvalue weighted by molar-refractivity contribution is 5.86. The van der Waals surface area contributed by atoms with Crippen molar-refractivity contribution in [1.29, 1.82) is 0 Å². The van der Waals surface area contributed by atoms with Gasteiger partial charge in [0.15, 0.2) is 0 Å². The third-order valence-electron chi connectivity index (χ3n) is 2.49. The molecule has 15 heavy (non-hydrogen) atoms. The summed E-state index contributed by atoms with van der Waals surface area (Å²) in [5.74, 6) is 0.220. The van der Waals surface area contributed by atoms with Crippen molar-refractivity contribution in [3.63, 3.8) is 0 Å². The van der Waals surface area contributed by atoms with E-state index in [2.05, 4.69) is 0 Å². The fraction of sp³-hybridized carbons (Fsp3) is 0.462. The number of aryl methyl sites for hydroxylation is 1. The van der Waals surface area contributed by atoms with Crippen molar-refractivity contribution in [2.24, 2.45) is 5.41 Å². The number of carbonyl (C=O) groups is 1. The van der Waals surface area contributed by atoms with Crippen LogP contribution in [0.4, 0.5) is 5.69 Å². The SMILES string of the molecule is Cc1ccc(CC(=O)C(C)(C)C)c(N)c1. The maximum absolute atomic E-state index is 11.8. The van der Waals surface area contributed by atoms with E-state index in [1.165, 1.54) is 0 Å². The quantitative estimate of drug-likeness (QED) is 0.754. The van der Waals surface area contributed by atoms with Crippen LogP contribution in [-0.4, -0.2) is 5.78 Å². The fourth-order valence-corrected chi connectivity index (χ4v) is 1.31. The summed E-state index contributed by atoms with van der Waals surface area (Å²) >= 11 is 0. The van der Waals surface area contributed by atoms with Gasteiger partial charge >= 0.3 is 0 Å². The van der Waals surface area contributed by atoms with E-state index >= 15 is 0 Å². The molecule has 0 aliphatic carbocycles. The molecule has 82 valence electrons. The number of carbonyl (C=O) groups excluding carboxylic acids is 1. The van der Waals surface area contributed by atoms with Crippen LogP contribution in [0.5, 0.6) is 0 Å².